The Bertz CT molecular complexity index is 181. The van der Waals surface area contributed by atoms with Gasteiger partial charge in [-0.05, 0) is 12.8 Å². The van der Waals surface area contributed by atoms with Crippen LogP contribution in [0.15, 0.2) is 0 Å². The number of alkyl halides is 1. The van der Waals surface area contributed by atoms with Gasteiger partial charge in [-0.3, -0.25) is 9.59 Å². The van der Waals surface area contributed by atoms with Crippen molar-refractivity contribution in [2.24, 2.45) is 5.92 Å². The predicted octanol–water partition coefficient (Wildman–Crippen LogP) is 0.788. The summed E-state index contributed by atoms with van der Waals surface area (Å²) < 4.78 is 5.25. The number of carbonyl (C=O) groups excluding carboxylic acids is 2. The second kappa shape index (κ2) is 4.58. The SMILES string of the molecule is O=CC(=O)C1CCO[C@H](CCl)C1. The molecule has 0 N–H and O–H groups in total. The van der Waals surface area contributed by atoms with Crippen LogP contribution in [0.5, 0.6) is 0 Å². The maximum Gasteiger partial charge on any atom is 0.198 e. The third kappa shape index (κ3) is 2.29. The van der Waals surface area contributed by atoms with E-state index in [9.17, 15) is 9.59 Å². The summed E-state index contributed by atoms with van der Waals surface area (Å²) in [4.78, 5) is 21.1. The van der Waals surface area contributed by atoms with Crippen molar-refractivity contribution in [3.8, 4) is 0 Å². The van der Waals surface area contributed by atoms with Gasteiger partial charge in [0, 0.05) is 18.4 Å². The lowest BCUT2D eigenvalue weighted by Gasteiger charge is -2.25. The minimum absolute atomic E-state index is 0.0608. The van der Waals surface area contributed by atoms with Crippen LogP contribution in [0.1, 0.15) is 12.8 Å². The van der Waals surface area contributed by atoms with Crippen LogP contribution in [-0.2, 0) is 14.3 Å². The van der Waals surface area contributed by atoms with Crippen molar-refractivity contribution in [2.45, 2.75) is 18.9 Å². The fourth-order valence-electron chi connectivity index (χ4n) is 1.34. The predicted molar refractivity (Wildman–Crippen MR) is 44.3 cm³/mol. The zero-order valence-corrected chi connectivity index (χ0v) is 7.42. The molecule has 1 fully saturated rings. The second-order valence-corrected chi connectivity index (χ2v) is 3.20. The van der Waals surface area contributed by atoms with Gasteiger partial charge in [0.05, 0.1) is 6.10 Å². The summed E-state index contributed by atoms with van der Waals surface area (Å²) in [6, 6.07) is 0. The molecule has 0 aliphatic carbocycles. The molecule has 0 amide bonds. The van der Waals surface area contributed by atoms with Crippen molar-refractivity contribution in [1.29, 1.82) is 0 Å². The molecule has 1 saturated heterocycles. The van der Waals surface area contributed by atoms with E-state index in [0.717, 1.165) is 0 Å². The standard InChI is InChI=1S/C8H11ClO3/c9-4-7-3-6(1-2-12-7)8(11)5-10/h5-7H,1-4H2/t6?,7-/m0/s1. The van der Waals surface area contributed by atoms with E-state index >= 15 is 0 Å². The molecule has 12 heavy (non-hydrogen) atoms. The Morgan fingerprint density at radius 1 is 1.67 bits per heavy atom. The molecule has 3 nitrogen and oxygen atoms in total. The van der Waals surface area contributed by atoms with Gasteiger partial charge in [0.1, 0.15) is 0 Å². The fraction of sp³-hybridized carbons (Fsp3) is 0.750. The Kier molecular flexibility index (Phi) is 3.69. The first-order valence-corrected chi connectivity index (χ1v) is 4.48. The van der Waals surface area contributed by atoms with Crippen molar-refractivity contribution in [3.05, 3.63) is 0 Å². The molecule has 1 heterocycles. The van der Waals surface area contributed by atoms with E-state index in [1.54, 1.807) is 0 Å². The molecule has 1 aliphatic heterocycles. The van der Waals surface area contributed by atoms with Gasteiger partial charge in [-0.2, -0.15) is 0 Å². The number of ether oxygens (including phenoxy) is 1. The third-order valence-electron chi connectivity index (χ3n) is 2.06. The number of hydrogen-bond acceptors (Lipinski definition) is 3. The van der Waals surface area contributed by atoms with Gasteiger partial charge < -0.3 is 4.74 Å². The van der Waals surface area contributed by atoms with Crippen LogP contribution in [0.2, 0.25) is 0 Å². The molecular formula is C8H11ClO3. The molecule has 0 aromatic rings. The maximum atomic E-state index is 11.0. The van der Waals surface area contributed by atoms with Crippen LogP contribution >= 0.6 is 11.6 Å². The summed E-state index contributed by atoms with van der Waals surface area (Å²) in [5.41, 5.74) is 0. The molecular weight excluding hydrogens is 180 g/mol. The first kappa shape index (κ1) is 9.68. The van der Waals surface area contributed by atoms with Crippen molar-refractivity contribution >= 4 is 23.7 Å². The Morgan fingerprint density at radius 3 is 3.00 bits per heavy atom. The minimum Gasteiger partial charge on any atom is -0.377 e. The van der Waals surface area contributed by atoms with Crippen LogP contribution in [0.3, 0.4) is 0 Å². The quantitative estimate of drug-likeness (QED) is 0.376. The van der Waals surface area contributed by atoms with Gasteiger partial charge in [0.15, 0.2) is 12.1 Å². The number of aldehydes is 1. The fourth-order valence-corrected chi connectivity index (χ4v) is 1.56. The summed E-state index contributed by atoms with van der Waals surface area (Å²) >= 11 is 5.57. The molecule has 2 atom stereocenters. The Hall–Kier alpha value is -0.410. The molecule has 4 heteroatoms. The lowest BCUT2D eigenvalue weighted by molar-refractivity contribution is -0.135. The Labute approximate surface area is 76.0 Å². The lowest BCUT2D eigenvalue weighted by Crippen LogP contribution is -2.31. The average Bonchev–Trinajstić information content (AvgIpc) is 2.17. The average molecular weight is 191 g/mol. The van der Waals surface area contributed by atoms with Crippen molar-refractivity contribution in [1.82, 2.24) is 0 Å². The van der Waals surface area contributed by atoms with Crippen LogP contribution < -0.4 is 0 Å². The molecule has 0 spiro atoms. The summed E-state index contributed by atoms with van der Waals surface area (Å²) in [6.45, 7) is 0.529. The zero-order chi connectivity index (χ0) is 8.97. The van der Waals surface area contributed by atoms with Gasteiger partial charge in [-0.15, -0.1) is 11.6 Å². The monoisotopic (exact) mass is 190 g/mol. The highest BCUT2D eigenvalue weighted by atomic mass is 35.5. The van der Waals surface area contributed by atoms with Crippen molar-refractivity contribution in [3.63, 3.8) is 0 Å². The van der Waals surface area contributed by atoms with Gasteiger partial charge in [0.2, 0.25) is 0 Å². The van der Waals surface area contributed by atoms with Crippen molar-refractivity contribution in [2.75, 3.05) is 12.5 Å². The minimum atomic E-state index is -0.326. The summed E-state index contributed by atoms with van der Waals surface area (Å²) in [5.74, 6) is -0.101. The summed E-state index contributed by atoms with van der Waals surface area (Å²) in [6.07, 6.45) is 1.56. The van der Waals surface area contributed by atoms with Crippen LogP contribution in [0.4, 0.5) is 0 Å². The maximum absolute atomic E-state index is 11.0. The van der Waals surface area contributed by atoms with Crippen LogP contribution in [-0.4, -0.2) is 30.7 Å². The van der Waals surface area contributed by atoms with E-state index in [2.05, 4.69) is 0 Å². The van der Waals surface area contributed by atoms with E-state index in [4.69, 9.17) is 16.3 Å². The molecule has 1 rings (SSSR count). The van der Waals surface area contributed by atoms with E-state index < -0.39 is 0 Å². The first-order chi connectivity index (χ1) is 5.77. The van der Waals surface area contributed by atoms with Gasteiger partial charge in [-0.1, -0.05) is 0 Å². The first-order valence-electron chi connectivity index (χ1n) is 3.94. The molecule has 0 aromatic carbocycles. The van der Waals surface area contributed by atoms with E-state index in [0.29, 0.717) is 31.6 Å². The second-order valence-electron chi connectivity index (χ2n) is 2.89. The number of Topliss-reactive ketones (excluding diaryl/α,β-unsaturated/α-hetero) is 1. The summed E-state index contributed by atoms with van der Waals surface area (Å²) in [5, 5.41) is 0. The Morgan fingerprint density at radius 2 is 2.42 bits per heavy atom. The van der Waals surface area contributed by atoms with Crippen LogP contribution in [0.25, 0.3) is 0 Å². The van der Waals surface area contributed by atoms with Gasteiger partial charge >= 0.3 is 0 Å². The third-order valence-corrected chi connectivity index (χ3v) is 2.40. The summed E-state index contributed by atoms with van der Waals surface area (Å²) in [7, 11) is 0. The molecule has 68 valence electrons. The molecule has 0 aromatic heterocycles. The highest BCUT2D eigenvalue weighted by molar-refractivity contribution is 6.26. The highest BCUT2D eigenvalue weighted by Gasteiger charge is 2.26. The normalized spacial score (nSPS) is 29.8. The number of hydrogen-bond donors (Lipinski definition) is 0. The smallest absolute Gasteiger partial charge is 0.198 e. The topological polar surface area (TPSA) is 43.4 Å². The van der Waals surface area contributed by atoms with Crippen molar-refractivity contribution < 1.29 is 14.3 Å². The number of carbonyl (C=O) groups is 2. The number of rotatable bonds is 3. The molecule has 1 unspecified atom stereocenters. The van der Waals surface area contributed by atoms with Gasteiger partial charge in [-0.25, -0.2) is 0 Å². The molecule has 1 aliphatic rings. The van der Waals surface area contributed by atoms with E-state index in [-0.39, 0.29) is 17.8 Å². The van der Waals surface area contributed by atoms with E-state index in [1.165, 1.54) is 0 Å². The molecule has 0 bridgehead atoms. The zero-order valence-electron chi connectivity index (χ0n) is 6.66. The van der Waals surface area contributed by atoms with Crippen LogP contribution in [0, 0.1) is 5.92 Å². The number of ketones is 1. The number of halogens is 1. The lowest BCUT2D eigenvalue weighted by atomic mass is 9.93. The van der Waals surface area contributed by atoms with Gasteiger partial charge in [0.25, 0.3) is 0 Å². The molecule has 0 saturated carbocycles. The highest BCUT2D eigenvalue weighted by Crippen LogP contribution is 2.21. The van der Waals surface area contributed by atoms with E-state index in [1.807, 2.05) is 0 Å². The largest absolute Gasteiger partial charge is 0.377 e. The Balaban J connectivity index is 2.45. The molecule has 0 radical (unpaired) electrons.